The number of halogens is 1. The van der Waals surface area contributed by atoms with Crippen LogP contribution in [0.25, 0.3) is 0 Å². The van der Waals surface area contributed by atoms with Crippen LogP contribution < -0.4 is 10.6 Å². The number of nitrogens with one attached hydrogen (secondary N) is 2. The highest BCUT2D eigenvalue weighted by Gasteiger charge is 2.08. The molecule has 6 heteroatoms. The molecule has 5 nitrogen and oxygen atoms in total. The molecule has 2 rings (SSSR count). The number of anilines is 2. The van der Waals surface area contributed by atoms with Gasteiger partial charge in [0.25, 0.3) is 5.91 Å². The van der Waals surface area contributed by atoms with Gasteiger partial charge in [0.15, 0.2) is 0 Å². The summed E-state index contributed by atoms with van der Waals surface area (Å²) in [6, 6.07) is 11.3. The van der Waals surface area contributed by atoms with Crippen LogP contribution >= 0.6 is 15.9 Å². The Kier molecular flexibility index (Phi) is 4.59. The molecule has 0 aliphatic carbocycles. The van der Waals surface area contributed by atoms with E-state index in [4.69, 9.17) is 0 Å². The average molecular weight is 349 g/mol. The molecule has 3 N–H and O–H groups in total. The van der Waals surface area contributed by atoms with Crippen molar-refractivity contribution in [2.75, 3.05) is 10.6 Å². The van der Waals surface area contributed by atoms with E-state index in [1.807, 2.05) is 0 Å². The molecule has 0 aliphatic heterocycles. The standard InChI is InChI=1S/C15H13BrN2O3/c1-9(19)17-11-3-5-12(6-4-11)18-15(21)10-2-7-13(16)14(20)8-10/h2-8,20H,1H3,(H,17,19)(H,18,21). The number of phenols is 1. The molecule has 0 radical (unpaired) electrons. The SMILES string of the molecule is CC(=O)Nc1ccc(NC(=O)c2ccc(Br)c(O)c2)cc1. The van der Waals surface area contributed by atoms with Crippen LogP contribution in [0.3, 0.4) is 0 Å². The van der Waals surface area contributed by atoms with E-state index >= 15 is 0 Å². The number of phenolic OH excluding ortho intramolecular Hbond substituents is 1. The quantitative estimate of drug-likeness (QED) is 0.795. The van der Waals surface area contributed by atoms with Gasteiger partial charge in [-0.3, -0.25) is 9.59 Å². The Balaban J connectivity index is 2.08. The number of hydrogen-bond donors (Lipinski definition) is 3. The predicted molar refractivity (Wildman–Crippen MR) is 84.5 cm³/mol. The molecule has 0 atom stereocenters. The Labute approximate surface area is 130 Å². The fraction of sp³-hybridized carbons (Fsp3) is 0.0667. The second-order valence-corrected chi connectivity index (χ2v) is 5.23. The number of hydrogen-bond acceptors (Lipinski definition) is 3. The van der Waals surface area contributed by atoms with Crippen molar-refractivity contribution in [2.24, 2.45) is 0 Å². The number of aromatic hydroxyl groups is 1. The Hall–Kier alpha value is -2.34. The van der Waals surface area contributed by atoms with E-state index in [9.17, 15) is 14.7 Å². The highest BCUT2D eigenvalue weighted by molar-refractivity contribution is 9.10. The Morgan fingerprint density at radius 1 is 1.00 bits per heavy atom. The average Bonchev–Trinajstić information content (AvgIpc) is 2.43. The molecular formula is C15H13BrN2O3. The molecule has 0 heterocycles. The lowest BCUT2D eigenvalue weighted by molar-refractivity contribution is -0.114. The second kappa shape index (κ2) is 6.41. The molecular weight excluding hydrogens is 336 g/mol. The van der Waals surface area contributed by atoms with Gasteiger partial charge in [-0.15, -0.1) is 0 Å². The fourth-order valence-corrected chi connectivity index (χ4v) is 1.94. The van der Waals surface area contributed by atoms with Crippen LogP contribution in [0.1, 0.15) is 17.3 Å². The summed E-state index contributed by atoms with van der Waals surface area (Å²) >= 11 is 3.16. The zero-order valence-electron chi connectivity index (χ0n) is 11.2. The van der Waals surface area contributed by atoms with Gasteiger partial charge in [-0.25, -0.2) is 0 Å². The van der Waals surface area contributed by atoms with Gasteiger partial charge in [0.1, 0.15) is 5.75 Å². The molecule has 0 aromatic heterocycles. The maximum atomic E-state index is 12.0. The predicted octanol–water partition coefficient (Wildman–Crippen LogP) is 3.37. The first-order valence-corrected chi connectivity index (χ1v) is 6.92. The van der Waals surface area contributed by atoms with E-state index in [1.54, 1.807) is 36.4 Å². The van der Waals surface area contributed by atoms with Crippen molar-refractivity contribution in [3.8, 4) is 5.75 Å². The van der Waals surface area contributed by atoms with Gasteiger partial charge < -0.3 is 15.7 Å². The van der Waals surface area contributed by atoms with Crippen LogP contribution in [0.4, 0.5) is 11.4 Å². The third-order valence-corrected chi connectivity index (χ3v) is 3.34. The van der Waals surface area contributed by atoms with Gasteiger partial charge in [-0.05, 0) is 58.4 Å². The first-order chi connectivity index (χ1) is 9.95. The van der Waals surface area contributed by atoms with E-state index in [2.05, 4.69) is 26.6 Å². The normalized spacial score (nSPS) is 10.0. The summed E-state index contributed by atoms with van der Waals surface area (Å²) in [4.78, 5) is 22.9. The Morgan fingerprint density at radius 2 is 1.57 bits per heavy atom. The largest absolute Gasteiger partial charge is 0.507 e. The summed E-state index contributed by atoms with van der Waals surface area (Å²) in [6.45, 7) is 1.43. The minimum absolute atomic E-state index is 0.00339. The lowest BCUT2D eigenvalue weighted by Crippen LogP contribution is -2.12. The third-order valence-electron chi connectivity index (χ3n) is 2.67. The third kappa shape index (κ3) is 4.06. The van der Waals surface area contributed by atoms with Crippen LogP contribution in [0.15, 0.2) is 46.9 Å². The Morgan fingerprint density at radius 3 is 2.10 bits per heavy atom. The zero-order chi connectivity index (χ0) is 15.4. The minimum atomic E-state index is -0.329. The number of carbonyl (C=O) groups excluding carboxylic acids is 2. The van der Waals surface area contributed by atoms with Crippen molar-refractivity contribution in [2.45, 2.75) is 6.92 Å². The van der Waals surface area contributed by atoms with Crippen LogP contribution in [0.2, 0.25) is 0 Å². The summed E-state index contributed by atoms with van der Waals surface area (Å²) in [5, 5.41) is 14.9. The first-order valence-electron chi connectivity index (χ1n) is 6.13. The summed E-state index contributed by atoms with van der Waals surface area (Å²) in [7, 11) is 0. The monoisotopic (exact) mass is 348 g/mol. The van der Waals surface area contributed by atoms with Crippen LogP contribution in [-0.2, 0) is 4.79 Å². The topological polar surface area (TPSA) is 78.4 Å². The molecule has 2 aromatic carbocycles. The van der Waals surface area contributed by atoms with Gasteiger partial charge in [0, 0.05) is 23.9 Å². The summed E-state index contributed by atoms with van der Waals surface area (Å²) in [5.41, 5.74) is 1.60. The second-order valence-electron chi connectivity index (χ2n) is 4.38. The lowest BCUT2D eigenvalue weighted by Gasteiger charge is -2.07. The van der Waals surface area contributed by atoms with Gasteiger partial charge in [0.05, 0.1) is 4.47 Å². The highest BCUT2D eigenvalue weighted by Crippen LogP contribution is 2.24. The van der Waals surface area contributed by atoms with Crippen molar-refractivity contribution in [1.82, 2.24) is 0 Å². The smallest absolute Gasteiger partial charge is 0.255 e. The van der Waals surface area contributed by atoms with Crippen molar-refractivity contribution in [3.63, 3.8) is 0 Å². The highest BCUT2D eigenvalue weighted by atomic mass is 79.9. The Bertz CT molecular complexity index is 684. The van der Waals surface area contributed by atoms with Gasteiger partial charge >= 0.3 is 0 Å². The number of rotatable bonds is 3. The fourth-order valence-electron chi connectivity index (χ4n) is 1.70. The molecule has 2 amide bonds. The molecule has 0 bridgehead atoms. The van der Waals surface area contributed by atoms with E-state index in [-0.39, 0.29) is 17.6 Å². The zero-order valence-corrected chi connectivity index (χ0v) is 12.8. The van der Waals surface area contributed by atoms with Crippen LogP contribution in [0.5, 0.6) is 5.75 Å². The van der Waals surface area contributed by atoms with Crippen LogP contribution in [-0.4, -0.2) is 16.9 Å². The molecule has 21 heavy (non-hydrogen) atoms. The molecule has 0 spiro atoms. The van der Waals surface area contributed by atoms with Crippen molar-refractivity contribution < 1.29 is 14.7 Å². The summed E-state index contributed by atoms with van der Waals surface area (Å²) < 4.78 is 0.527. The number of carbonyl (C=O) groups is 2. The van der Waals surface area contributed by atoms with Gasteiger partial charge in [0.2, 0.25) is 5.91 Å². The van der Waals surface area contributed by atoms with Crippen LogP contribution in [0, 0.1) is 0 Å². The minimum Gasteiger partial charge on any atom is -0.507 e. The van der Waals surface area contributed by atoms with Crippen molar-refractivity contribution in [1.29, 1.82) is 0 Å². The van der Waals surface area contributed by atoms with E-state index in [0.29, 0.717) is 21.4 Å². The van der Waals surface area contributed by atoms with Crippen molar-refractivity contribution in [3.05, 3.63) is 52.5 Å². The first kappa shape index (κ1) is 15.1. The molecule has 108 valence electrons. The lowest BCUT2D eigenvalue weighted by atomic mass is 10.2. The van der Waals surface area contributed by atoms with Gasteiger partial charge in [-0.2, -0.15) is 0 Å². The van der Waals surface area contributed by atoms with Crippen molar-refractivity contribution >= 4 is 39.1 Å². The number of benzene rings is 2. The molecule has 0 saturated carbocycles. The number of amides is 2. The molecule has 0 aliphatic rings. The maximum absolute atomic E-state index is 12.0. The molecule has 0 saturated heterocycles. The van der Waals surface area contributed by atoms with Gasteiger partial charge in [-0.1, -0.05) is 0 Å². The maximum Gasteiger partial charge on any atom is 0.255 e. The summed E-state index contributed by atoms with van der Waals surface area (Å²) in [6.07, 6.45) is 0. The molecule has 2 aromatic rings. The summed E-state index contributed by atoms with van der Waals surface area (Å²) in [5.74, 6) is -0.481. The molecule has 0 unspecified atom stereocenters. The van der Waals surface area contributed by atoms with E-state index in [0.717, 1.165) is 0 Å². The molecule has 0 fully saturated rings. The van der Waals surface area contributed by atoms with E-state index < -0.39 is 0 Å². The van der Waals surface area contributed by atoms with E-state index in [1.165, 1.54) is 13.0 Å².